The number of hydrogen-bond donors (Lipinski definition) is 3. The van der Waals surface area contributed by atoms with Crippen LogP contribution in [0.25, 0.3) is 0 Å². The molecule has 0 fully saturated rings. The standard InChI is InChI=1S/C12H11N3O2/c16-10-5-4-9(11(17)7-10)8-14-15-12-3-1-2-6-13-12/h1-8,16-17H,(H,13,15)/b14-8-. The van der Waals surface area contributed by atoms with E-state index in [1.807, 2.05) is 6.07 Å². The zero-order valence-electron chi connectivity index (χ0n) is 8.91. The van der Waals surface area contributed by atoms with Crippen LogP contribution in [-0.2, 0) is 0 Å². The van der Waals surface area contributed by atoms with Gasteiger partial charge in [0, 0.05) is 17.8 Å². The van der Waals surface area contributed by atoms with Gasteiger partial charge in [0.15, 0.2) is 0 Å². The fourth-order valence-electron chi connectivity index (χ4n) is 1.24. The molecule has 1 heterocycles. The molecule has 0 aliphatic carbocycles. The second kappa shape index (κ2) is 4.98. The molecule has 0 radical (unpaired) electrons. The van der Waals surface area contributed by atoms with Crippen LogP contribution < -0.4 is 5.43 Å². The maximum Gasteiger partial charge on any atom is 0.146 e. The van der Waals surface area contributed by atoms with Crippen molar-refractivity contribution in [2.45, 2.75) is 0 Å². The SMILES string of the molecule is Oc1ccc(/C=N\Nc2ccccn2)c(O)c1. The summed E-state index contributed by atoms with van der Waals surface area (Å²) in [5.41, 5.74) is 3.23. The lowest BCUT2D eigenvalue weighted by atomic mass is 10.2. The number of anilines is 1. The molecule has 0 saturated carbocycles. The Balaban J connectivity index is 2.06. The van der Waals surface area contributed by atoms with E-state index in [-0.39, 0.29) is 11.5 Å². The molecule has 0 atom stereocenters. The number of hydrazone groups is 1. The van der Waals surface area contributed by atoms with Crippen LogP contribution in [0.15, 0.2) is 47.7 Å². The lowest BCUT2D eigenvalue weighted by molar-refractivity contribution is 0.450. The van der Waals surface area contributed by atoms with E-state index in [0.717, 1.165) is 0 Å². The zero-order chi connectivity index (χ0) is 12.1. The van der Waals surface area contributed by atoms with Crippen molar-refractivity contribution < 1.29 is 10.2 Å². The Kier molecular flexibility index (Phi) is 3.20. The monoisotopic (exact) mass is 229 g/mol. The van der Waals surface area contributed by atoms with Crippen LogP contribution in [0.3, 0.4) is 0 Å². The summed E-state index contributed by atoms with van der Waals surface area (Å²) in [6.07, 6.45) is 3.10. The summed E-state index contributed by atoms with van der Waals surface area (Å²) in [6.45, 7) is 0. The van der Waals surface area contributed by atoms with Crippen LogP contribution in [0.4, 0.5) is 5.82 Å². The lowest BCUT2D eigenvalue weighted by Gasteiger charge is -2.00. The van der Waals surface area contributed by atoms with Crippen LogP contribution >= 0.6 is 0 Å². The Hall–Kier alpha value is -2.56. The molecular formula is C12H11N3O2. The Bertz CT molecular complexity index is 527. The zero-order valence-corrected chi connectivity index (χ0v) is 8.91. The molecule has 0 aliphatic heterocycles. The third-order valence-electron chi connectivity index (χ3n) is 2.06. The minimum Gasteiger partial charge on any atom is -0.508 e. The average molecular weight is 229 g/mol. The molecule has 0 bridgehead atoms. The molecule has 0 saturated heterocycles. The number of nitrogens with zero attached hydrogens (tertiary/aromatic N) is 2. The highest BCUT2D eigenvalue weighted by Gasteiger charge is 1.98. The van der Waals surface area contributed by atoms with Crippen LogP contribution in [-0.4, -0.2) is 21.4 Å². The number of aromatic nitrogens is 1. The summed E-state index contributed by atoms with van der Waals surface area (Å²) in [5, 5.41) is 22.5. The Morgan fingerprint density at radius 3 is 2.76 bits per heavy atom. The van der Waals surface area contributed by atoms with E-state index >= 15 is 0 Å². The minimum atomic E-state index is -0.0310. The molecule has 86 valence electrons. The normalized spacial score (nSPS) is 10.6. The van der Waals surface area contributed by atoms with Gasteiger partial charge in [-0.2, -0.15) is 5.10 Å². The number of rotatable bonds is 3. The highest BCUT2D eigenvalue weighted by atomic mass is 16.3. The molecule has 0 unspecified atom stereocenters. The van der Waals surface area contributed by atoms with Crippen molar-refractivity contribution >= 4 is 12.0 Å². The summed E-state index contributed by atoms with van der Waals surface area (Å²) in [4.78, 5) is 4.02. The first-order valence-electron chi connectivity index (χ1n) is 4.98. The van der Waals surface area contributed by atoms with Crippen LogP contribution in [0, 0.1) is 0 Å². The van der Waals surface area contributed by atoms with Crippen molar-refractivity contribution in [3.05, 3.63) is 48.2 Å². The van der Waals surface area contributed by atoms with Gasteiger partial charge in [0.2, 0.25) is 0 Å². The second-order valence-corrected chi connectivity index (χ2v) is 3.33. The van der Waals surface area contributed by atoms with Gasteiger partial charge >= 0.3 is 0 Å². The van der Waals surface area contributed by atoms with Crippen molar-refractivity contribution in [1.82, 2.24) is 4.98 Å². The maximum atomic E-state index is 9.49. The first-order valence-corrected chi connectivity index (χ1v) is 4.98. The Morgan fingerprint density at radius 1 is 1.18 bits per heavy atom. The molecule has 5 heteroatoms. The summed E-state index contributed by atoms with van der Waals surface area (Å²) < 4.78 is 0. The van der Waals surface area contributed by atoms with Crippen molar-refractivity contribution in [1.29, 1.82) is 0 Å². The number of benzene rings is 1. The fourth-order valence-corrected chi connectivity index (χ4v) is 1.24. The van der Waals surface area contributed by atoms with Gasteiger partial charge in [-0.15, -0.1) is 0 Å². The Morgan fingerprint density at radius 2 is 2.06 bits per heavy atom. The molecule has 1 aromatic carbocycles. The van der Waals surface area contributed by atoms with Gasteiger partial charge in [-0.3, -0.25) is 5.43 Å². The molecule has 0 amide bonds. The third-order valence-corrected chi connectivity index (χ3v) is 2.06. The van der Waals surface area contributed by atoms with Crippen molar-refractivity contribution in [2.24, 2.45) is 5.10 Å². The van der Waals surface area contributed by atoms with Gasteiger partial charge in [0.05, 0.1) is 6.21 Å². The predicted octanol–water partition coefficient (Wildman–Crippen LogP) is 1.94. The highest BCUT2D eigenvalue weighted by molar-refractivity contribution is 5.84. The smallest absolute Gasteiger partial charge is 0.146 e. The van der Waals surface area contributed by atoms with Crippen molar-refractivity contribution in [3.63, 3.8) is 0 Å². The van der Waals surface area contributed by atoms with Gasteiger partial charge in [-0.1, -0.05) is 6.07 Å². The van der Waals surface area contributed by atoms with E-state index < -0.39 is 0 Å². The lowest BCUT2D eigenvalue weighted by Crippen LogP contribution is -1.92. The molecule has 17 heavy (non-hydrogen) atoms. The van der Waals surface area contributed by atoms with E-state index in [0.29, 0.717) is 11.4 Å². The van der Waals surface area contributed by atoms with Gasteiger partial charge in [-0.05, 0) is 24.3 Å². The first-order chi connectivity index (χ1) is 8.25. The maximum absolute atomic E-state index is 9.49. The molecule has 2 rings (SSSR count). The molecule has 0 aliphatic rings. The molecule has 0 spiro atoms. The van der Waals surface area contributed by atoms with Gasteiger partial charge in [0.25, 0.3) is 0 Å². The predicted molar refractivity (Wildman–Crippen MR) is 65.2 cm³/mol. The Labute approximate surface area is 98.1 Å². The van der Waals surface area contributed by atoms with E-state index in [2.05, 4.69) is 15.5 Å². The average Bonchev–Trinajstić information content (AvgIpc) is 2.33. The van der Waals surface area contributed by atoms with Gasteiger partial charge < -0.3 is 10.2 Å². The number of aromatic hydroxyl groups is 2. The van der Waals surface area contributed by atoms with E-state index in [1.54, 1.807) is 24.4 Å². The van der Waals surface area contributed by atoms with E-state index in [1.165, 1.54) is 18.3 Å². The fraction of sp³-hybridized carbons (Fsp3) is 0. The van der Waals surface area contributed by atoms with Gasteiger partial charge in [0.1, 0.15) is 17.3 Å². The number of nitrogens with one attached hydrogen (secondary N) is 1. The summed E-state index contributed by atoms with van der Waals surface area (Å²) in [7, 11) is 0. The van der Waals surface area contributed by atoms with Crippen LogP contribution in [0.1, 0.15) is 5.56 Å². The molecule has 3 N–H and O–H groups in total. The second-order valence-electron chi connectivity index (χ2n) is 3.33. The first kappa shape index (κ1) is 10.9. The summed E-state index contributed by atoms with van der Waals surface area (Å²) >= 11 is 0. The van der Waals surface area contributed by atoms with Crippen molar-refractivity contribution in [2.75, 3.05) is 5.43 Å². The molecule has 5 nitrogen and oxygen atoms in total. The minimum absolute atomic E-state index is 0.0114. The quantitative estimate of drug-likeness (QED) is 0.555. The summed E-state index contributed by atoms with van der Waals surface area (Å²) in [5.74, 6) is 0.593. The summed E-state index contributed by atoms with van der Waals surface area (Å²) in [6, 6.07) is 9.70. The number of pyridine rings is 1. The van der Waals surface area contributed by atoms with E-state index in [4.69, 9.17) is 5.11 Å². The topological polar surface area (TPSA) is 77.7 Å². The van der Waals surface area contributed by atoms with Gasteiger partial charge in [-0.25, -0.2) is 4.98 Å². The number of hydrogen-bond acceptors (Lipinski definition) is 5. The number of phenols is 2. The number of phenolic OH excluding ortho intramolecular Hbond substituents is 2. The van der Waals surface area contributed by atoms with Crippen LogP contribution in [0.5, 0.6) is 11.5 Å². The van der Waals surface area contributed by atoms with E-state index in [9.17, 15) is 5.11 Å². The molecule has 2 aromatic rings. The third kappa shape index (κ3) is 2.94. The van der Waals surface area contributed by atoms with Crippen LogP contribution in [0.2, 0.25) is 0 Å². The highest BCUT2D eigenvalue weighted by Crippen LogP contribution is 2.20. The molecular weight excluding hydrogens is 218 g/mol. The molecule has 1 aromatic heterocycles. The van der Waals surface area contributed by atoms with Crippen molar-refractivity contribution in [3.8, 4) is 11.5 Å². The largest absolute Gasteiger partial charge is 0.508 e.